The Bertz CT molecular complexity index is 1070. The number of thiol groups is 1. The van der Waals surface area contributed by atoms with Crippen molar-refractivity contribution in [2.45, 2.75) is 11.8 Å². The average Bonchev–Trinajstić information content (AvgIpc) is 3.02. The van der Waals surface area contributed by atoms with Crippen LogP contribution in [0.25, 0.3) is 5.52 Å². The fourth-order valence-electron chi connectivity index (χ4n) is 3.20. The first-order chi connectivity index (χ1) is 13.8. The molecule has 0 aliphatic rings. The SMILES string of the molecule is COc1ccc(CNc2nccn3c(C(CN)[SH](C)(C)=O)nc(Br)c23)c(OC)c1. The molecule has 0 radical (unpaired) electrons. The van der Waals surface area contributed by atoms with E-state index in [4.69, 9.17) is 15.2 Å². The highest BCUT2D eigenvalue weighted by molar-refractivity contribution is 9.10. The minimum Gasteiger partial charge on any atom is -0.497 e. The molecule has 0 spiro atoms. The summed E-state index contributed by atoms with van der Waals surface area (Å²) in [5.74, 6) is 2.76. The van der Waals surface area contributed by atoms with Crippen molar-refractivity contribution in [3.8, 4) is 11.5 Å². The van der Waals surface area contributed by atoms with E-state index < -0.39 is 9.93 Å². The summed E-state index contributed by atoms with van der Waals surface area (Å²) >= 11 is 3.52. The number of nitrogens with two attached hydrogens (primary N) is 1. The Balaban J connectivity index is 1.97. The Kier molecular flexibility index (Phi) is 6.45. The Morgan fingerprint density at radius 1 is 1.31 bits per heavy atom. The number of ether oxygens (including phenoxy) is 2. The second-order valence-corrected chi connectivity index (χ2v) is 11.2. The Labute approximate surface area is 179 Å². The average molecular weight is 484 g/mol. The first-order valence-corrected chi connectivity index (χ1v) is 12.5. The monoisotopic (exact) mass is 483 g/mol. The maximum Gasteiger partial charge on any atom is 0.153 e. The van der Waals surface area contributed by atoms with E-state index in [1.807, 2.05) is 22.6 Å². The number of halogens is 1. The molecule has 29 heavy (non-hydrogen) atoms. The third kappa shape index (κ3) is 4.39. The van der Waals surface area contributed by atoms with E-state index in [1.165, 1.54) is 0 Å². The second kappa shape index (κ2) is 8.68. The lowest BCUT2D eigenvalue weighted by Crippen LogP contribution is -2.27. The first-order valence-electron chi connectivity index (χ1n) is 9.02. The zero-order chi connectivity index (χ0) is 21.2. The summed E-state index contributed by atoms with van der Waals surface area (Å²) in [4.78, 5) is 9.07. The molecule has 2 aromatic heterocycles. The van der Waals surface area contributed by atoms with Gasteiger partial charge in [-0.15, -0.1) is 0 Å². The lowest BCUT2D eigenvalue weighted by atomic mass is 10.2. The molecule has 3 aromatic rings. The van der Waals surface area contributed by atoms with Crippen molar-refractivity contribution in [1.29, 1.82) is 0 Å². The number of hydrogen-bond donors (Lipinski definition) is 3. The number of benzene rings is 1. The van der Waals surface area contributed by atoms with E-state index in [-0.39, 0.29) is 11.8 Å². The Morgan fingerprint density at radius 3 is 2.69 bits per heavy atom. The Hall–Kier alpha value is -2.17. The van der Waals surface area contributed by atoms with Gasteiger partial charge in [-0.25, -0.2) is 9.97 Å². The van der Waals surface area contributed by atoms with Gasteiger partial charge in [0.15, 0.2) is 5.82 Å². The van der Waals surface area contributed by atoms with Crippen LogP contribution in [0.2, 0.25) is 0 Å². The van der Waals surface area contributed by atoms with Crippen LogP contribution in [0.1, 0.15) is 16.6 Å². The molecular formula is C19H26BrN5O3S. The molecule has 1 atom stereocenters. The van der Waals surface area contributed by atoms with Crippen LogP contribution in [0, 0.1) is 0 Å². The molecule has 158 valence electrons. The number of hydrogen-bond acceptors (Lipinski definition) is 7. The number of rotatable bonds is 8. The van der Waals surface area contributed by atoms with E-state index in [2.05, 4.69) is 31.2 Å². The molecule has 0 aliphatic heterocycles. The third-order valence-electron chi connectivity index (χ3n) is 4.75. The first kappa shape index (κ1) is 21.5. The molecule has 1 aromatic carbocycles. The number of methoxy groups -OCH3 is 2. The number of nitrogens with one attached hydrogen (secondary N) is 1. The van der Waals surface area contributed by atoms with Gasteiger partial charge in [0.05, 0.1) is 19.5 Å². The maximum absolute atomic E-state index is 12.7. The van der Waals surface area contributed by atoms with Crippen LogP contribution in [0.3, 0.4) is 0 Å². The highest BCUT2D eigenvalue weighted by Gasteiger charge is 2.26. The standard InChI is InChI=1S/C19H26BrN5O3S/c1-27-13-6-5-12(14(9-13)28-2)11-23-18-16-17(20)24-19(25(16)8-7-22-18)15(10-21)29(3,4)26/h5-9,15,29H,10-11,21H2,1-4H3,(H,22,23). The van der Waals surface area contributed by atoms with Gasteiger partial charge < -0.3 is 20.5 Å². The molecule has 0 amide bonds. The minimum atomic E-state index is -2.48. The third-order valence-corrected chi connectivity index (χ3v) is 7.25. The van der Waals surface area contributed by atoms with Gasteiger partial charge in [-0.3, -0.25) is 8.61 Å². The van der Waals surface area contributed by atoms with Crippen LogP contribution >= 0.6 is 15.9 Å². The van der Waals surface area contributed by atoms with Gasteiger partial charge in [0.1, 0.15) is 27.4 Å². The van der Waals surface area contributed by atoms with Gasteiger partial charge in [0.2, 0.25) is 0 Å². The summed E-state index contributed by atoms with van der Waals surface area (Å²) in [6.45, 7) is 0.747. The van der Waals surface area contributed by atoms with Crippen LogP contribution in [-0.4, -0.2) is 51.9 Å². The highest BCUT2D eigenvalue weighted by atomic mass is 79.9. The summed E-state index contributed by atoms with van der Waals surface area (Å²) in [5, 5.41) is 3.01. The molecule has 0 saturated heterocycles. The van der Waals surface area contributed by atoms with Crippen LogP contribution in [0.15, 0.2) is 35.2 Å². The smallest absolute Gasteiger partial charge is 0.153 e. The molecule has 0 aliphatic carbocycles. The molecule has 0 saturated carbocycles. The largest absolute Gasteiger partial charge is 0.497 e. The zero-order valence-corrected chi connectivity index (χ0v) is 19.3. The minimum absolute atomic E-state index is 0.254. The normalized spacial score (nSPS) is 13.3. The van der Waals surface area contributed by atoms with Crippen molar-refractivity contribution in [1.82, 2.24) is 14.4 Å². The zero-order valence-electron chi connectivity index (χ0n) is 16.8. The lowest BCUT2D eigenvalue weighted by Gasteiger charge is -2.22. The predicted octanol–water partition coefficient (Wildman–Crippen LogP) is 2.40. The van der Waals surface area contributed by atoms with E-state index in [9.17, 15) is 4.21 Å². The van der Waals surface area contributed by atoms with Gasteiger partial charge in [-0.05, 0) is 40.6 Å². The number of imidazole rings is 1. The van der Waals surface area contributed by atoms with Crippen LogP contribution < -0.4 is 20.5 Å². The van der Waals surface area contributed by atoms with E-state index in [0.717, 1.165) is 22.6 Å². The van der Waals surface area contributed by atoms with Crippen molar-refractivity contribution < 1.29 is 13.7 Å². The molecule has 8 nitrogen and oxygen atoms in total. The number of fused-ring (bicyclic) bond motifs is 1. The molecule has 3 rings (SSSR count). The summed E-state index contributed by atoms with van der Waals surface area (Å²) in [6.07, 6.45) is 6.95. The molecule has 0 bridgehead atoms. The molecule has 3 N–H and O–H groups in total. The van der Waals surface area contributed by atoms with Crippen molar-refractivity contribution in [2.75, 3.05) is 38.6 Å². The van der Waals surface area contributed by atoms with Crippen LogP contribution in [0.4, 0.5) is 5.82 Å². The predicted molar refractivity (Wildman–Crippen MR) is 121 cm³/mol. The fraction of sp³-hybridized carbons (Fsp3) is 0.368. The van der Waals surface area contributed by atoms with E-state index >= 15 is 0 Å². The summed E-state index contributed by atoms with van der Waals surface area (Å²) in [6, 6.07) is 5.66. The molecular weight excluding hydrogens is 458 g/mol. The summed E-state index contributed by atoms with van der Waals surface area (Å²) in [7, 11) is 0.756. The van der Waals surface area contributed by atoms with Gasteiger partial charge in [-0.1, -0.05) is 9.93 Å². The number of aromatic nitrogens is 3. The van der Waals surface area contributed by atoms with Crippen LogP contribution in [-0.2, 0) is 16.5 Å². The lowest BCUT2D eigenvalue weighted by molar-refractivity contribution is 0.391. The van der Waals surface area contributed by atoms with Crippen LogP contribution in [0.5, 0.6) is 11.5 Å². The molecule has 0 fully saturated rings. The summed E-state index contributed by atoms with van der Waals surface area (Å²) in [5.41, 5.74) is 7.65. The quantitative estimate of drug-likeness (QED) is 0.422. The number of nitrogens with zero attached hydrogens (tertiary/aromatic N) is 3. The van der Waals surface area contributed by atoms with Gasteiger partial charge >= 0.3 is 0 Å². The van der Waals surface area contributed by atoms with Crippen molar-refractivity contribution in [3.63, 3.8) is 0 Å². The van der Waals surface area contributed by atoms with Gasteiger partial charge in [0, 0.05) is 37.1 Å². The van der Waals surface area contributed by atoms with Crippen molar-refractivity contribution in [2.24, 2.45) is 5.73 Å². The topological polar surface area (TPSA) is 104 Å². The Morgan fingerprint density at radius 2 is 2.07 bits per heavy atom. The van der Waals surface area contributed by atoms with E-state index in [1.54, 1.807) is 39.1 Å². The summed E-state index contributed by atoms with van der Waals surface area (Å²) < 4.78 is 25.9. The number of anilines is 1. The van der Waals surface area contributed by atoms with Gasteiger partial charge in [-0.2, -0.15) is 0 Å². The van der Waals surface area contributed by atoms with Crippen molar-refractivity contribution >= 4 is 37.2 Å². The fourth-order valence-corrected chi connectivity index (χ4v) is 5.00. The maximum atomic E-state index is 12.7. The molecule has 1 unspecified atom stereocenters. The molecule has 2 heterocycles. The van der Waals surface area contributed by atoms with E-state index in [0.29, 0.717) is 22.8 Å². The highest BCUT2D eigenvalue weighted by Crippen LogP contribution is 2.32. The molecule has 10 heteroatoms. The van der Waals surface area contributed by atoms with Gasteiger partial charge in [0.25, 0.3) is 0 Å². The van der Waals surface area contributed by atoms with Crippen molar-refractivity contribution in [3.05, 3.63) is 46.6 Å². The second-order valence-electron chi connectivity index (χ2n) is 6.97.